The third-order valence-electron chi connectivity index (χ3n) is 4.77. The first kappa shape index (κ1) is 27.8. The van der Waals surface area contributed by atoms with Crippen molar-refractivity contribution >= 4 is 12.0 Å². The summed E-state index contributed by atoms with van der Waals surface area (Å²) < 4.78 is 16.4. The Hall–Kier alpha value is -2.26. The van der Waals surface area contributed by atoms with Crippen LogP contribution >= 0.6 is 0 Å². The van der Waals surface area contributed by atoms with E-state index in [-0.39, 0.29) is 37.2 Å². The van der Waals surface area contributed by atoms with Crippen molar-refractivity contribution < 1.29 is 33.6 Å². The van der Waals surface area contributed by atoms with E-state index in [1.165, 1.54) is 12.0 Å². The number of cyclic esters (lactones) is 1. The van der Waals surface area contributed by atoms with Crippen molar-refractivity contribution in [1.29, 1.82) is 0 Å². The number of amides is 2. The predicted molar refractivity (Wildman–Crippen MR) is 121 cm³/mol. The summed E-state index contributed by atoms with van der Waals surface area (Å²) in [5.41, 5.74) is 1.05. The molecule has 2 rings (SSSR count). The molecule has 3 unspecified atom stereocenters. The smallest absolute Gasteiger partial charge is 0.416 e. The summed E-state index contributed by atoms with van der Waals surface area (Å²) in [7, 11) is 2.96. The fraction of sp³-hybridized carbons (Fsp3) is 0.583. The average Bonchev–Trinajstić information content (AvgIpc) is 3.09. The first-order valence-corrected chi connectivity index (χ1v) is 10.7. The number of benzene rings is 1. The molecule has 3 atom stereocenters. The minimum absolute atomic E-state index is 0.137. The van der Waals surface area contributed by atoms with Crippen LogP contribution in [0.3, 0.4) is 0 Å². The maximum absolute atomic E-state index is 12.8. The number of carbonyl (C=O) groups excluding carboxylic acids is 2. The zero-order chi connectivity index (χ0) is 24.1. The van der Waals surface area contributed by atoms with E-state index in [0.29, 0.717) is 12.8 Å². The molecule has 1 heterocycles. The van der Waals surface area contributed by atoms with Crippen molar-refractivity contribution in [2.45, 2.75) is 71.0 Å². The Morgan fingerprint density at radius 2 is 1.94 bits per heavy atom. The van der Waals surface area contributed by atoms with E-state index in [1.54, 1.807) is 27.0 Å². The van der Waals surface area contributed by atoms with E-state index in [2.05, 4.69) is 11.5 Å². The fourth-order valence-corrected chi connectivity index (χ4v) is 3.48. The van der Waals surface area contributed by atoms with Crippen molar-refractivity contribution in [3.63, 3.8) is 0 Å². The topological polar surface area (TPSA) is 83.5 Å². The normalized spacial score (nSPS) is 17.8. The molecule has 0 bridgehead atoms. The number of rotatable bonds is 11. The second-order valence-electron chi connectivity index (χ2n) is 7.88. The van der Waals surface area contributed by atoms with Gasteiger partial charge < -0.3 is 14.2 Å². The van der Waals surface area contributed by atoms with Crippen molar-refractivity contribution in [2.75, 3.05) is 20.8 Å². The molecular formula is C24H37NO7. The van der Waals surface area contributed by atoms with E-state index < -0.39 is 11.9 Å². The summed E-state index contributed by atoms with van der Waals surface area (Å²) in [6.07, 6.45) is 1.53. The molecule has 32 heavy (non-hydrogen) atoms. The Bertz CT molecular complexity index is 708. The van der Waals surface area contributed by atoms with Crippen LogP contribution in [0.25, 0.3) is 0 Å². The second-order valence-corrected chi connectivity index (χ2v) is 7.88. The molecule has 1 aliphatic rings. The van der Waals surface area contributed by atoms with Crippen molar-refractivity contribution in [3.8, 4) is 0 Å². The molecule has 0 radical (unpaired) electrons. The zero-order valence-corrected chi connectivity index (χ0v) is 20.0. The summed E-state index contributed by atoms with van der Waals surface area (Å²) in [5, 5.41) is 0. The second kappa shape index (κ2) is 14.0. The van der Waals surface area contributed by atoms with Crippen LogP contribution in [0.15, 0.2) is 43.0 Å². The third-order valence-corrected chi connectivity index (χ3v) is 4.77. The van der Waals surface area contributed by atoms with Crippen LogP contribution in [0.4, 0.5) is 4.79 Å². The molecule has 1 saturated heterocycles. The number of methoxy groups -OCH3 is 1. The summed E-state index contributed by atoms with van der Waals surface area (Å²) >= 11 is 0. The molecule has 0 spiro atoms. The first-order valence-electron chi connectivity index (χ1n) is 10.7. The van der Waals surface area contributed by atoms with E-state index in [4.69, 9.17) is 19.1 Å². The van der Waals surface area contributed by atoms with Crippen LogP contribution < -0.4 is 0 Å². The number of allylic oxidation sites excluding steroid dienone is 1. The maximum atomic E-state index is 12.8. The molecule has 0 aliphatic carbocycles. The molecule has 1 aromatic rings. The molecule has 180 valence electrons. The molecule has 1 fully saturated rings. The molecule has 8 nitrogen and oxygen atoms in total. The van der Waals surface area contributed by atoms with Gasteiger partial charge in [-0.15, -0.1) is 6.58 Å². The zero-order valence-electron chi connectivity index (χ0n) is 20.0. The molecule has 1 aliphatic heterocycles. The Morgan fingerprint density at radius 3 is 2.50 bits per heavy atom. The van der Waals surface area contributed by atoms with Crippen LogP contribution in [-0.2, 0) is 35.2 Å². The Morgan fingerprint density at radius 1 is 1.31 bits per heavy atom. The number of ether oxygens (including phenoxy) is 3. The fourth-order valence-electron chi connectivity index (χ4n) is 3.48. The lowest BCUT2D eigenvalue weighted by Crippen LogP contribution is -2.42. The number of hydrogen-bond donors (Lipinski definition) is 0. The van der Waals surface area contributed by atoms with Gasteiger partial charge in [-0.05, 0) is 46.1 Å². The van der Waals surface area contributed by atoms with Gasteiger partial charge in [0.1, 0.15) is 6.61 Å². The van der Waals surface area contributed by atoms with E-state index in [9.17, 15) is 9.59 Å². The van der Waals surface area contributed by atoms with E-state index >= 15 is 0 Å². The van der Waals surface area contributed by atoms with Gasteiger partial charge in [-0.3, -0.25) is 4.79 Å². The van der Waals surface area contributed by atoms with Crippen molar-refractivity contribution in [2.24, 2.45) is 0 Å². The van der Waals surface area contributed by atoms with Crippen molar-refractivity contribution in [3.05, 3.63) is 48.6 Å². The SMILES string of the molecule is C=CC.COOC(C)(C)OC(C)C(CCC(=O)N1C(=O)OCC1Cc1ccccc1)OC. The molecule has 0 N–H and O–H groups in total. The van der Waals surface area contributed by atoms with Gasteiger partial charge >= 0.3 is 6.09 Å². The van der Waals surface area contributed by atoms with Crippen LogP contribution in [-0.4, -0.2) is 61.8 Å². The summed E-state index contributed by atoms with van der Waals surface area (Å²) in [4.78, 5) is 35.9. The monoisotopic (exact) mass is 451 g/mol. The van der Waals surface area contributed by atoms with Gasteiger partial charge in [0, 0.05) is 13.5 Å². The highest BCUT2D eigenvalue weighted by Gasteiger charge is 2.38. The highest BCUT2D eigenvalue weighted by atomic mass is 17.2. The molecule has 0 aromatic heterocycles. The number of nitrogens with zero attached hydrogens (tertiary/aromatic N) is 1. The van der Waals surface area contributed by atoms with Crippen LogP contribution in [0.2, 0.25) is 0 Å². The highest BCUT2D eigenvalue weighted by Crippen LogP contribution is 2.22. The van der Waals surface area contributed by atoms with Gasteiger partial charge in [-0.2, -0.15) is 0 Å². The average molecular weight is 452 g/mol. The minimum Gasteiger partial charge on any atom is -0.447 e. The maximum Gasteiger partial charge on any atom is 0.416 e. The quantitative estimate of drug-likeness (QED) is 0.215. The summed E-state index contributed by atoms with van der Waals surface area (Å²) in [6, 6.07) is 9.42. The molecule has 2 amide bonds. The largest absolute Gasteiger partial charge is 0.447 e. The van der Waals surface area contributed by atoms with Gasteiger partial charge in [-0.1, -0.05) is 36.4 Å². The highest BCUT2D eigenvalue weighted by molar-refractivity contribution is 5.93. The minimum atomic E-state index is -0.964. The van der Waals surface area contributed by atoms with Crippen LogP contribution in [0, 0.1) is 0 Å². The molecule has 8 heteroatoms. The van der Waals surface area contributed by atoms with E-state index in [1.807, 2.05) is 44.2 Å². The standard InChI is InChI=1S/C21H31NO7.C3H6/c1-15(28-21(2,3)29-26-5)18(25-4)11-12-19(23)22-17(14-27-20(22)24)13-16-9-7-6-8-10-16;1-3-2/h6-10,15,17-18H,11-14H2,1-5H3;3H,1H2,2H3. The van der Waals surface area contributed by atoms with Gasteiger partial charge in [0.05, 0.1) is 25.4 Å². The number of imide groups is 1. The number of carbonyl (C=O) groups is 2. The Kier molecular flexibility index (Phi) is 12.2. The molecule has 0 saturated carbocycles. The Balaban J connectivity index is 0.00000161. The van der Waals surface area contributed by atoms with Gasteiger partial charge in [0.2, 0.25) is 5.91 Å². The van der Waals surface area contributed by atoms with Gasteiger partial charge in [0.15, 0.2) is 5.79 Å². The third kappa shape index (κ3) is 9.08. The van der Waals surface area contributed by atoms with Crippen molar-refractivity contribution in [1.82, 2.24) is 4.90 Å². The van der Waals surface area contributed by atoms with E-state index in [0.717, 1.165) is 5.56 Å². The van der Waals surface area contributed by atoms with Crippen LogP contribution in [0.1, 0.15) is 46.1 Å². The predicted octanol–water partition coefficient (Wildman–Crippen LogP) is 4.28. The lowest BCUT2D eigenvalue weighted by atomic mass is 10.0. The van der Waals surface area contributed by atoms with Gasteiger partial charge in [-0.25, -0.2) is 19.5 Å². The van der Waals surface area contributed by atoms with Gasteiger partial charge in [0.25, 0.3) is 0 Å². The molecular weight excluding hydrogens is 414 g/mol. The lowest BCUT2D eigenvalue weighted by molar-refractivity contribution is -0.415. The summed E-state index contributed by atoms with van der Waals surface area (Å²) in [5.74, 6) is -1.25. The first-order chi connectivity index (χ1) is 15.2. The Labute approximate surface area is 191 Å². The lowest BCUT2D eigenvalue weighted by Gasteiger charge is -2.31. The summed E-state index contributed by atoms with van der Waals surface area (Å²) in [6.45, 7) is 10.7. The molecule has 1 aromatic carbocycles. The number of hydrogen-bond acceptors (Lipinski definition) is 7. The van der Waals surface area contributed by atoms with Crippen LogP contribution in [0.5, 0.6) is 0 Å².